The van der Waals surface area contributed by atoms with Crippen LogP contribution in [0.25, 0.3) is 10.2 Å². The molecule has 1 aliphatic heterocycles. The first-order valence-corrected chi connectivity index (χ1v) is 9.26. The lowest BCUT2D eigenvalue weighted by molar-refractivity contribution is -0.0886. The van der Waals surface area contributed by atoms with Crippen molar-refractivity contribution in [1.82, 2.24) is 9.88 Å². The minimum Gasteiger partial charge on any atom is -0.389 e. The maximum absolute atomic E-state index is 12.9. The van der Waals surface area contributed by atoms with Crippen molar-refractivity contribution in [2.45, 2.75) is 44.6 Å². The standard InChI is InChI=1S/C18H22N2O2S/c1-12-19-15-6-5-13(10-16(15)23-12)17(21)20-9-8-18(22)7-3-2-4-14(18)11-20/h5-6,10,14,22H,2-4,7-9,11H2,1H3/t14-,18-/m0/s1. The van der Waals surface area contributed by atoms with Gasteiger partial charge in [-0.25, -0.2) is 4.98 Å². The Morgan fingerprint density at radius 3 is 3.13 bits per heavy atom. The van der Waals surface area contributed by atoms with Gasteiger partial charge in [-0.3, -0.25) is 4.79 Å². The highest BCUT2D eigenvalue weighted by Gasteiger charge is 2.43. The van der Waals surface area contributed by atoms with Crippen LogP contribution in [0.4, 0.5) is 0 Å². The molecule has 4 rings (SSSR count). The summed E-state index contributed by atoms with van der Waals surface area (Å²) in [7, 11) is 0. The van der Waals surface area contributed by atoms with Gasteiger partial charge >= 0.3 is 0 Å². The molecule has 0 bridgehead atoms. The number of carbonyl (C=O) groups excluding carboxylic acids is 1. The molecule has 1 aromatic carbocycles. The van der Waals surface area contributed by atoms with Gasteiger partial charge in [0.05, 0.1) is 20.8 Å². The number of fused-ring (bicyclic) bond motifs is 2. The number of piperidine rings is 1. The number of carbonyl (C=O) groups is 1. The molecule has 1 aliphatic carbocycles. The van der Waals surface area contributed by atoms with Crippen LogP contribution in [-0.4, -0.2) is 39.6 Å². The van der Waals surface area contributed by atoms with Crippen LogP contribution < -0.4 is 0 Å². The van der Waals surface area contributed by atoms with E-state index >= 15 is 0 Å². The molecule has 1 saturated heterocycles. The summed E-state index contributed by atoms with van der Waals surface area (Å²) in [5, 5.41) is 11.8. The van der Waals surface area contributed by atoms with Crippen LogP contribution >= 0.6 is 11.3 Å². The number of thiazole rings is 1. The van der Waals surface area contributed by atoms with Gasteiger partial charge in [0.25, 0.3) is 5.91 Å². The minimum atomic E-state index is -0.534. The number of benzene rings is 1. The van der Waals surface area contributed by atoms with E-state index in [-0.39, 0.29) is 11.8 Å². The molecular weight excluding hydrogens is 308 g/mol. The lowest BCUT2D eigenvalue weighted by Gasteiger charge is -2.47. The van der Waals surface area contributed by atoms with E-state index in [0.29, 0.717) is 19.5 Å². The van der Waals surface area contributed by atoms with Crippen molar-refractivity contribution in [2.24, 2.45) is 5.92 Å². The summed E-state index contributed by atoms with van der Waals surface area (Å²) in [4.78, 5) is 19.2. The number of aliphatic hydroxyl groups is 1. The average molecular weight is 330 g/mol. The largest absolute Gasteiger partial charge is 0.389 e. The first kappa shape index (κ1) is 15.1. The zero-order chi connectivity index (χ0) is 16.0. The molecule has 2 aliphatic rings. The van der Waals surface area contributed by atoms with Crippen molar-refractivity contribution in [3.05, 3.63) is 28.8 Å². The number of likely N-dealkylation sites (tertiary alicyclic amines) is 1. The van der Waals surface area contributed by atoms with Crippen LogP contribution in [0.2, 0.25) is 0 Å². The van der Waals surface area contributed by atoms with E-state index in [2.05, 4.69) is 4.98 Å². The van der Waals surface area contributed by atoms with Gasteiger partial charge in [0.15, 0.2) is 0 Å². The Labute approximate surface area is 140 Å². The molecule has 0 unspecified atom stereocenters. The summed E-state index contributed by atoms with van der Waals surface area (Å²) in [5.41, 5.74) is 1.17. The number of rotatable bonds is 1. The zero-order valence-corrected chi connectivity index (χ0v) is 14.2. The predicted molar refractivity (Wildman–Crippen MR) is 91.8 cm³/mol. The quantitative estimate of drug-likeness (QED) is 0.872. The highest BCUT2D eigenvalue weighted by molar-refractivity contribution is 7.18. The second-order valence-corrected chi connectivity index (χ2v) is 8.20. The Morgan fingerprint density at radius 1 is 1.39 bits per heavy atom. The smallest absolute Gasteiger partial charge is 0.253 e. The summed E-state index contributed by atoms with van der Waals surface area (Å²) in [6.45, 7) is 3.33. The maximum Gasteiger partial charge on any atom is 0.253 e. The molecule has 2 heterocycles. The summed E-state index contributed by atoms with van der Waals surface area (Å²) in [6.07, 6.45) is 4.92. The molecule has 2 fully saturated rings. The summed E-state index contributed by atoms with van der Waals surface area (Å²) in [6, 6.07) is 5.78. The summed E-state index contributed by atoms with van der Waals surface area (Å²) >= 11 is 1.63. The van der Waals surface area contributed by atoms with Gasteiger partial charge in [-0.15, -0.1) is 11.3 Å². The van der Waals surface area contributed by atoms with E-state index < -0.39 is 5.60 Å². The molecule has 122 valence electrons. The Hall–Kier alpha value is -1.46. The van der Waals surface area contributed by atoms with Crippen molar-refractivity contribution in [1.29, 1.82) is 0 Å². The normalized spacial score (nSPS) is 27.9. The summed E-state index contributed by atoms with van der Waals surface area (Å²) < 4.78 is 1.07. The van der Waals surface area contributed by atoms with Gasteiger partial charge in [-0.05, 0) is 44.4 Å². The monoisotopic (exact) mass is 330 g/mol. The molecule has 2 atom stereocenters. The maximum atomic E-state index is 12.9. The van der Waals surface area contributed by atoms with Crippen LogP contribution in [0.3, 0.4) is 0 Å². The highest BCUT2D eigenvalue weighted by atomic mass is 32.1. The van der Waals surface area contributed by atoms with Crippen molar-refractivity contribution < 1.29 is 9.90 Å². The minimum absolute atomic E-state index is 0.0885. The Bertz CT molecular complexity index is 757. The third kappa shape index (κ3) is 2.66. The molecule has 4 nitrogen and oxygen atoms in total. The van der Waals surface area contributed by atoms with Gasteiger partial charge in [-0.1, -0.05) is 12.8 Å². The number of nitrogens with zero attached hydrogens (tertiary/aromatic N) is 2. The van der Waals surface area contributed by atoms with Crippen LogP contribution in [0.15, 0.2) is 18.2 Å². The van der Waals surface area contributed by atoms with Crippen molar-refractivity contribution >= 4 is 27.5 Å². The first-order valence-electron chi connectivity index (χ1n) is 8.44. The molecule has 2 aromatic rings. The third-order valence-corrected chi connectivity index (χ3v) is 6.39. The first-order chi connectivity index (χ1) is 11.0. The zero-order valence-electron chi connectivity index (χ0n) is 13.4. The summed E-state index contributed by atoms with van der Waals surface area (Å²) in [5.74, 6) is 0.328. The fourth-order valence-corrected chi connectivity index (χ4v) is 4.98. The van der Waals surface area contributed by atoms with Gasteiger partial charge in [-0.2, -0.15) is 0 Å². The lowest BCUT2D eigenvalue weighted by atomic mass is 9.71. The lowest BCUT2D eigenvalue weighted by Crippen LogP contribution is -2.54. The third-order valence-electron chi connectivity index (χ3n) is 5.46. The van der Waals surface area contributed by atoms with Gasteiger partial charge < -0.3 is 10.0 Å². The molecule has 0 radical (unpaired) electrons. The second-order valence-electron chi connectivity index (χ2n) is 6.96. The number of hydrogen-bond donors (Lipinski definition) is 1. The Morgan fingerprint density at radius 2 is 2.26 bits per heavy atom. The Balaban J connectivity index is 1.56. The fraction of sp³-hybridized carbons (Fsp3) is 0.556. The second kappa shape index (κ2) is 5.56. The van der Waals surface area contributed by atoms with Crippen LogP contribution in [0.1, 0.15) is 47.5 Å². The number of aryl methyl sites for hydroxylation is 1. The molecule has 5 heteroatoms. The van der Waals surface area contributed by atoms with Crippen LogP contribution in [-0.2, 0) is 0 Å². The number of amides is 1. The van der Waals surface area contributed by atoms with Crippen molar-refractivity contribution in [3.8, 4) is 0 Å². The fourth-order valence-electron chi connectivity index (χ4n) is 4.11. The number of aromatic nitrogens is 1. The van der Waals surface area contributed by atoms with E-state index in [0.717, 1.165) is 40.1 Å². The van der Waals surface area contributed by atoms with Crippen LogP contribution in [0.5, 0.6) is 0 Å². The van der Waals surface area contributed by atoms with E-state index in [1.54, 1.807) is 11.3 Å². The molecule has 1 saturated carbocycles. The molecular formula is C18H22N2O2S. The van der Waals surface area contributed by atoms with E-state index in [1.165, 1.54) is 6.42 Å². The molecule has 1 amide bonds. The molecule has 23 heavy (non-hydrogen) atoms. The molecule has 1 aromatic heterocycles. The van der Waals surface area contributed by atoms with Crippen molar-refractivity contribution in [3.63, 3.8) is 0 Å². The van der Waals surface area contributed by atoms with Gasteiger partial charge in [0.2, 0.25) is 0 Å². The number of hydrogen-bond acceptors (Lipinski definition) is 4. The highest BCUT2D eigenvalue weighted by Crippen LogP contribution is 2.40. The SMILES string of the molecule is Cc1nc2ccc(C(=O)N3CC[C@@]4(O)CCCC[C@H]4C3)cc2s1. The average Bonchev–Trinajstić information content (AvgIpc) is 2.92. The van der Waals surface area contributed by atoms with E-state index in [1.807, 2.05) is 30.0 Å². The van der Waals surface area contributed by atoms with Gasteiger partial charge in [0, 0.05) is 24.6 Å². The Kier molecular flexibility index (Phi) is 3.65. The predicted octanol–water partition coefficient (Wildman–Crippen LogP) is 3.37. The topological polar surface area (TPSA) is 53.4 Å². The van der Waals surface area contributed by atoms with E-state index in [9.17, 15) is 9.90 Å². The molecule has 0 spiro atoms. The van der Waals surface area contributed by atoms with Crippen molar-refractivity contribution in [2.75, 3.05) is 13.1 Å². The molecule has 1 N–H and O–H groups in total. The van der Waals surface area contributed by atoms with Crippen LogP contribution in [0, 0.1) is 12.8 Å². The van der Waals surface area contributed by atoms with E-state index in [4.69, 9.17) is 0 Å². The van der Waals surface area contributed by atoms with Gasteiger partial charge in [0.1, 0.15) is 0 Å².